The van der Waals surface area contributed by atoms with Crippen LogP contribution in [0.2, 0.25) is 0 Å². The zero-order chi connectivity index (χ0) is 17.6. The van der Waals surface area contributed by atoms with Crippen LogP contribution in [0.5, 0.6) is 0 Å². The smallest absolute Gasteiger partial charge is 0.293 e. The highest BCUT2D eigenvalue weighted by Crippen LogP contribution is 2.34. The summed E-state index contributed by atoms with van der Waals surface area (Å²) in [6.45, 7) is 2.04. The standard InChI is InChI=1S/C17H13BrFN3O3/c1-9-11(19)3-2-4-12(9)22-8-10(7-15(22)23)16-20-17(25-21-16)13-5-6-14(18)24-13/h2-6,10H,7-8H2,1H3. The number of carbonyl (C=O) groups is 1. The summed E-state index contributed by atoms with van der Waals surface area (Å²) in [5.74, 6) is 0.504. The van der Waals surface area contributed by atoms with Crippen molar-refractivity contribution in [2.45, 2.75) is 19.3 Å². The lowest BCUT2D eigenvalue weighted by Gasteiger charge is -2.18. The van der Waals surface area contributed by atoms with Gasteiger partial charge in [0.05, 0.1) is 0 Å². The van der Waals surface area contributed by atoms with Crippen molar-refractivity contribution < 1.29 is 18.1 Å². The van der Waals surface area contributed by atoms with Crippen LogP contribution in [0.25, 0.3) is 11.7 Å². The number of halogens is 2. The van der Waals surface area contributed by atoms with Gasteiger partial charge in [-0.2, -0.15) is 4.98 Å². The van der Waals surface area contributed by atoms with Crippen molar-refractivity contribution in [3.63, 3.8) is 0 Å². The van der Waals surface area contributed by atoms with Crippen molar-refractivity contribution in [1.82, 2.24) is 10.1 Å². The van der Waals surface area contributed by atoms with Gasteiger partial charge in [-0.1, -0.05) is 11.2 Å². The number of hydrogen-bond acceptors (Lipinski definition) is 5. The van der Waals surface area contributed by atoms with E-state index in [2.05, 4.69) is 26.1 Å². The van der Waals surface area contributed by atoms with Gasteiger partial charge in [-0.15, -0.1) is 0 Å². The summed E-state index contributed by atoms with van der Waals surface area (Å²) >= 11 is 3.22. The van der Waals surface area contributed by atoms with Crippen molar-refractivity contribution in [2.75, 3.05) is 11.4 Å². The number of anilines is 1. The summed E-state index contributed by atoms with van der Waals surface area (Å²) in [5, 5.41) is 3.97. The predicted molar refractivity (Wildman–Crippen MR) is 90.5 cm³/mol. The molecule has 128 valence electrons. The van der Waals surface area contributed by atoms with Gasteiger partial charge < -0.3 is 13.8 Å². The minimum absolute atomic E-state index is 0.0919. The van der Waals surface area contributed by atoms with Gasteiger partial charge in [0.1, 0.15) is 5.82 Å². The highest BCUT2D eigenvalue weighted by atomic mass is 79.9. The third-order valence-electron chi connectivity index (χ3n) is 4.25. The zero-order valence-electron chi connectivity index (χ0n) is 13.2. The van der Waals surface area contributed by atoms with Crippen molar-refractivity contribution in [2.24, 2.45) is 0 Å². The molecule has 0 spiro atoms. The summed E-state index contributed by atoms with van der Waals surface area (Å²) in [7, 11) is 0. The van der Waals surface area contributed by atoms with Crippen LogP contribution in [0.3, 0.4) is 0 Å². The van der Waals surface area contributed by atoms with Crippen LogP contribution in [0.4, 0.5) is 10.1 Å². The van der Waals surface area contributed by atoms with Gasteiger partial charge >= 0.3 is 0 Å². The fourth-order valence-electron chi connectivity index (χ4n) is 2.93. The van der Waals surface area contributed by atoms with E-state index in [0.29, 0.717) is 34.0 Å². The molecule has 25 heavy (non-hydrogen) atoms. The Balaban J connectivity index is 1.58. The Labute approximate surface area is 150 Å². The molecule has 0 radical (unpaired) electrons. The van der Waals surface area contributed by atoms with E-state index in [4.69, 9.17) is 8.94 Å². The van der Waals surface area contributed by atoms with Crippen molar-refractivity contribution in [3.05, 3.63) is 52.2 Å². The number of benzene rings is 1. The molecule has 0 N–H and O–H groups in total. The molecule has 4 rings (SSSR count). The fraction of sp³-hybridized carbons (Fsp3) is 0.235. The molecule has 1 aromatic carbocycles. The third-order valence-corrected chi connectivity index (χ3v) is 4.67. The molecule has 6 nitrogen and oxygen atoms in total. The lowest BCUT2D eigenvalue weighted by Crippen LogP contribution is -2.25. The topological polar surface area (TPSA) is 72.4 Å². The second-order valence-electron chi connectivity index (χ2n) is 5.85. The molecule has 0 bridgehead atoms. The Morgan fingerprint density at radius 2 is 2.16 bits per heavy atom. The third kappa shape index (κ3) is 2.86. The second-order valence-corrected chi connectivity index (χ2v) is 6.63. The van der Waals surface area contributed by atoms with E-state index in [1.165, 1.54) is 6.07 Å². The van der Waals surface area contributed by atoms with Crippen LogP contribution in [-0.2, 0) is 4.79 Å². The van der Waals surface area contributed by atoms with Gasteiger partial charge in [0.2, 0.25) is 5.91 Å². The average Bonchev–Trinajstić information content (AvgIpc) is 3.29. The molecule has 0 saturated carbocycles. The molecule has 0 aliphatic carbocycles. The van der Waals surface area contributed by atoms with Crippen LogP contribution < -0.4 is 4.90 Å². The molecule has 1 aliphatic heterocycles. The maximum atomic E-state index is 13.8. The van der Waals surface area contributed by atoms with E-state index < -0.39 is 0 Å². The van der Waals surface area contributed by atoms with Gasteiger partial charge in [-0.25, -0.2) is 4.39 Å². The highest BCUT2D eigenvalue weighted by Gasteiger charge is 2.35. The molecule has 2 aromatic heterocycles. The number of furan rings is 1. The Morgan fingerprint density at radius 1 is 1.32 bits per heavy atom. The van der Waals surface area contributed by atoms with E-state index in [1.54, 1.807) is 36.1 Å². The van der Waals surface area contributed by atoms with Crippen molar-refractivity contribution >= 4 is 27.5 Å². The molecule has 1 saturated heterocycles. The average molecular weight is 406 g/mol. The quantitative estimate of drug-likeness (QED) is 0.656. The Morgan fingerprint density at radius 3 is 2.92 bits per heavy atom. The monoisotopic (exact) mass is 405 g/mol. The van der Waals surface area contributed by atoms with E-state index in [9.17, 15) is 9.18 Å². The van der Waals surface area contributed by atoms with Crippen LogP contribution in [0.1, 0.15) is 23.7 Å². The Bertz CT molecular complexity index is 952. The van der Waals surface area contributed by atoms with Crippen LogP contribution in [0.15, 0.2) is 43.9 Å². The molecule has 1 atom stereocenters. The first kappa shape index (κ1) is 16.0. The molecular weight excluding hydrogens is 393 g/mol. The van der Waals surface area contributed by atoms with Crippen LogP contribution >= 0.6 is 15.9 Å². The van der Waals surface area contributed by atoms with Gasteiger partial charge in [-0.3, -0.25) is 4.79 Å². The molecular formula is C17H13BrFN3O3. The first-order valence-electron chi connectivity index (χ1n) is 7.67. The SMILES string of the molecule is Cc1c(F)cccc1N1CC(c2noc(-c3ccc(Br)o3)n2)CC1=O. The van der Waals surface area contributed by atoms with Gasteiger partial charge in [0.25, 0.3) is 5.89 Å². The van der Waals surface area contributed by atoms with Crippen molar-refractivity contribution in [3.8, 4) is 11.7 Å². The van der Waals surface area contributed by atoms with E-state index in [-0.39, 0.29) is 30.0 Å². The predicted octanol–water partition coefficient (Wildman–Crippen LogP) is 4.06. The van der Waals surface area contributed by atoms with E-state index in [1.807, 2.05) is 0 Å². The van der Waals surface area contributed by atoms with E-state index in [0.717, 1.165) is 0 Å². The molecule has 8 heteroatoms. The van der Waals surface area contributed by atoms with Gasteiger partial charge in [0.15, 0.2) is 16.3 Å². The fourth-order valence-corrected chi connectivity index (χ4v) is 3.24. The number of carbonyl (C=O) groups excluding carboxylic acids is 1. The minimum atomic E-state index is -0.334. The van der Waals surface area contributed by atoms with Gasteiger partial charge in [-0.05, 0) is 47.1 Å². The molecule has 1 amide bonds. The number of nitrogens with zero attached hydrogens (tertiary/aromatic N) is 3. The summed E-state index contributed by atoms with van der Waals surface area (Å²) in [6, 6.07) is 8.15. The highest BCUT2D eigenvalue weighted by molar-refractivity contribution is 9.10. The normalized spacial score (nSPS) is 17.5. The number of amides is 1. The second kappa shape index (κ2) is 6.11. The summed E-state index contributed by atoms with van der Waals surface area (Å²) in [5.41, 5.74) is 1.02. The maximum Gasteiger partial charge on any atom is 0.293 e. The van der Waals surface area contributed by atoms with Gasteiger partial charge in [0, 0.05) is 30.1 Å². The van der Waals surface area contributed by atoms with Crippen molar-refractivity contribution in [1.29, 1.82) is 0 Å². The minimum Gasteiger partial charge on any atom is -0.444 e. The molecule has 1 aliphatic rings. The number of aromatic nitrogens is 2. The largest absolute Gasteiger partial charge is 0.444 e. The molecule has 1 unspecified atom stereocenters. The zero-order valence-corrected chi connectivity index (χ0v) is 14.8. The molecule has 3 heterocycles. The summed E-state index contributed by atoms with van der Waals surface area (Å²) in [6.07, 6.45) is 0.247. The Hall–Kier alpha value is -2.48. The summed E-state index contributed by atoms with van der Waals surface area (Å²) in [4.78, 5) is 18.3. The number of hydrogen-bond donors (Lipinski definition) is 0. The van der Waals surface area contributed by atoms with E-state index >= 15 is 0 Å². The first-order chi connectivity index (χ1) is 12.0. The first-order valence-corrected chi connectivity index (χ1v) is 8.47. The maximum absolute atomic E-state index is 13.8. The molecule has 1 fully saturated rings. The lowest BCUT2D eigenvalue weighted by atomic mass is 10.1. The summed E-state index contributed by atoms with van der Waals surface area (Å²) < 4.78 is 25.0. The molecule has 3 aromatic rings. The number of rotatable bonds is 3. The Kier molecular flexibility index (Phi) is 3.91. The van der Waals surface area contributed by atoms with Crippen LogP contribution in [0, 0.1) is 12.7 Å². The lowest BCUT2D eigenvalue weighted by molar-refractivity contribution is -0.117. The van der Waals surface area contributed by atoms with Crippen LogP contribution in [-0.4, -0.2) is 22.6 Å².